The van der Waals surface area contributed by atoms with Crippen LogP contribution in [0.4, 0.5) is 0 Å². The summed E-state index contributed by atoms with van der Waals surface area (Å²) in [6.07, 6.45) is 14.9. The van der Waals surface area contributed by atoms with E-state index < -0.39 is 77.8 Å². The summed E-state index contributed by atoms with van der Waals surface area (Å²) in [5.74, 6) is -7.85. The SMILES string of the molecule is CO[C@@H]1C[C@H](C[C@@H](C)[C@@H]2CC(=O)[C@H](C)/C=C(\C)[C@@H](O)[C@@H](OC)C(=O)[C@H](C)C[C@H](C)\C=C/C=C/C=C(C)/C=C/[C@@H]3CC[C@@H](C)[C@@](O)(O3)C(=O)C(=O)N3CCCC[C@H]3C(=O)O2)CC[C@H]1O. The number of amides is 1. The van der Waals surface area contributed by atoms with Gasteiger partial charge in [-0.15, -0.1) is 0 Å². The zero-order chi connectivity index (χ0) is 46.6. The number of cyclic esters (lactones) is 1. The number of fused-ring (bicyclic) bond motifs is 3. The molecule has 1 aliphatic carbocycles. The molecular formula is C50H75NO12. The smallest absolute Gasteiger partial charge is 0.329 e. The molecule has 1 amide bonds. The van der Waals surface area contributed by atoms with Crippen molar-refractivity contribution in [2.45, 2.75) is 168 Å². The highest BCUT2D eigenvalue weighted by atomic mass is 16.6. The maximum atomic E-state index is 14.3. The molecule has 0 unspecified atom stereocenters. The Balaban J connectivity index is 1.69. The van der Waals surface area contributed by atoms with Crippen molar-refractivity contribution in [3.05, 3.63) is 59.8 Å². The van der Waals surface area contributed by atoms with Gasteiger partial charge < -0.3 is 39.2 Å². The zero-order valence-corrected chi connectivity index (χ0v) is 39.1. The van der Waals surface area contributed by atoms with Crippen LogP contribution in [0.25, 0.3) is 0 Å². The number of hydrogen-bond donors (Lipinski definition) is 3. The summed E-state index contributed by atoms with van der Waals surface area (Å²) >= 11 is 0. The van der Waals surface area contributed by atoms with Crippen molar-refractivity contribution in [3.63, 3.8) is 0 Å². The molecule has 0 radical (unpaired) electrons. The van der Waals surface area contributed by atoms with Crippen LogP contribution in [0.3, 0.4) is 0 Å². The van der Waals surface area contributed by atoms with Crippen LogP contribution < -0.4 is 0 Å². The number of allylic oxidation sites excluding steroid dienone is 8. The summed E-state index contributed by atoms with van der Waals surface area (Å²) in [6, 6.07) is -1.13. The van der Waals surface area contributed by atoms with Gasteiger partial charge in [-0.3, -0.25) is 19.2 Å². The van der Waals surface area contributed by atoms with Crippen LogP contribution >= 0.6 is 0 Å². The third-order valence-corrected chi connectivity index (χ3v) is 13.7. The third kappa shape index (κ3) is 14.0. The fraction of sp³-hybridized carbons (Fsp3) is 0.700. The second kappa shape index (κ2) is 24.1. The van der Waals surface area contributed by atoms with Gasteiger partial charge in [0.15, 0.2) is 5.78 Å². The van der Waals surface area contributed by atoms with E-state index in [1.165, 1.54) is 12.0 Å². The van der Waals surface area contributed by atoms with Gasteiger partial charge in [0, 0.05) is 44.9 Å². The Morgan fingerprint density at radius 2 is 1.62 bits per heavy atom. The van der Waals surface area contributed by atoms with E-state index in [0.717, 1.165) is 12.0 Å². The van der Waals surface area contributed by atoms with E-state index in [2.05, 4.69) is 0 Å². The van der Waals surface area contributed by atoms with E-state index in [-0.39, 0.29) is 54.8 Å². The van der Waals surface area contributed by atoms with Gasteiger partial charge in [0.2, 0.25) is 5.79 Å². The molecule has 1 saturated carbocycles. The highest BCUT2D eigenvalue weighted by molar-refractivity contribution is 6.39. The lowest BCUT2D eigenvalue weighted by Gasteiger charge is -2.41. The minimum Gasteiger partial charge on any atom is -0.460 e. The normalized spacial score (nSPS) is 40.4. The number of hydrogen-bond acceptors (Lipinski definition) is 12. The number of ether oxygens (including phenoxy) is 4. The van der Waals surface area contributed by atoms with Crippen molar-refractivity contribution in [2.75, 3.05) is 20.8 Å². The molecular weight excluding hydrogens is 807 g/mol. The molecule has 4 rings (SSSR count). The molecule has 13 heteroatoms. The number of ketones is 3. The van der Waals surface area contributed by atoms with E-state index in [9.17, 15) is 39.3 Å². The molecule has 0 aromatic carbocycles. The molecule has 4 aliphatic rings. The second-order valence-electron chi connectivity index (χ2n) is 18.9. The summed E-state index contributed by atoms with van der Waals surface area (Å²) in [7, 11) is 2.95. The van der Waals surface area contributed by atoms with Crippen LogP contribution in [0.15, 0.2) is 59.8 Å². The molecule has 0 aromatic rings. The number of carbonyl (C=O) groups excluding carboxylic acids is 5. The topological polar surface area (TPSA) is 186 Å². The Morgan fingerprint density at radius 1 is 0.889 bits per heavy atom. The largest absolute Gasteiger partial charge is 0.460 e. The van der Waals surface area contributed by atoms with Crippen molar-refractivity contribution < 1.29 is 58.2 Å². The van der Waals surface area contributed by atoms with Crippen molar-refractivity contribution in [1.29, 1.82) is 0 Å². The Hall–Kier alpha value is -3.59. The van der Waals surface area contributed by atoms with Gasteiger partial charge in [-0.05, 0) is 101 Å². The fourth-order valence-electron chi connectivity index (χ4n) is 9.54. The molecule has 2 saturated heterocycles. The standard InChI is InChI=1S/C50H75NO12/c1-30-15-11-10-12-16-31(2)25-34(5)44(54)46(61-9)45(55)35(6)26-32(3)41(53)29-42(33(4)27-37-20-23-40(52)43(28-37)60-8)62-49(58)39-17-13-14-24-51(39)48(57)47(56)50(59)36(7)19-22-38(63-50)21-18-30/h10-12,15-16,18,21,26,31-34,36-40,42-43,45-46,52,55,59H,13-14,17,19-20,22-25,27-29H2,1-9H3/b11-10+,16-12-,21-18+,30-15+,35-26+/t31-,32-,33-,34-,36-,37+,38-,39+,40-,42+,43-,45-,46+,50-/m1/s1. The average Bonchev–Trinajstić information content (AvgIpc) is 3.26. The number of methoxy groups -OCH3 is 2. The van der Waals surface area contributed by atoms with Gasteiger partial charge in [0.1, 0.15) is 30.1 Å². The maximum absolute atomic E-state index is 14.3. The Bertz CT molecular complexity index is 1750. The Morgan fingerprint density at radius 3 is 2.32 bits per heavy atom. The van der Waals surface area contributed by atoms with Crippen molar-refractivity contribution in [1.82, 2.24) is 4.90 Å². The molecule has 3 N–H and O–H groups in total. The predicted molar refractivity (Wildman–Crippen MR) is 239 cm³/mol. The molecule has 3 heterocycles. The van der Waals surface area contributed by atoms with Gasteiger partial charge in [-0.25, -0.2) is 4.79 Å². The van der Waals surface area contributed by atoms with Crippen LogP contribution in [0.1, 0.15) is 119 Å². The van der Waals surface area contributed by atoms with E-state index in [1.807, 2.05) is 64.2 Å². The lowest BCUT2D eigenvalue weighted by molar-refractivity contribution is -0.254. The second-order valence-corrected chi connectivity index (χ2v) is 18.9. The van der Waals surface area contributed by atoms with E-state index in [1.54, 1.807) is 40.0 Å². The summed E-state index contributed by atoms with van der Waals surface area (Å²) in [6.45, 7) is 12.7. The van der Waals surface area contributed by atoms with E-state index >= 15 is 0 Å². The molecule has 3 aliphatic heterocycles. The van der Waals surface area contributed by atoms with Crippen molar-refractivity contribution in [2.24, 2.45) is 35.5 Å². The molecule has 352 valence electrons. The first-order valence-corrected chi connectivity index (χ1v) is 23.1. The molecule has 13 nitrogen and oxygen atoms in total. The minimum absolute atomic E-state index is 0.0361. The molecule has 0 aromatic heterocycles. The number of aliphatic hydroxyl groups excluding tert-OH is 2. The van der Waals surface area contributed by atoms with E-state index in [0.29, 0.717) is 56.9 Å². The van der Waals surface area contributed by atoms with Crippen LogP contribution in [-0.2, 0) is 42.9 Å². The van der Waals surface area contributed by atoms with E-state index in [4.69, 9.17) is 18.9 Å². The van der Waals surface area contributed by atoms with Crippen LogP contribution in [-0.4, -0.2) is 119 Å². The maximum Gasteiger partial charge on any atom is 0.329 e. The van der Waals surface area contributed by atoms with Crippen LogP contribution in [0.2, 0.25) is 0 Å². The van der Waals surface area contributed by atoms with Crippen LogP contribution in [0, 0.1) is 35.5 Å². The summed E-state index contributed by atoms with van der Waals surface area (Å²) in [4.78, 5) is 71.4. The number of nitrogens with zero attached hydrogens (tertiary/aromatic N) is 1. The van der Waals surface area contributed by atoms with Gasteiger partial charge in [0.25, 0.3) is 11.7 Å². The lowest BCUT2D eigenvalue weighted by Crippen LogP contribution is -2.60. The first-order chi connectivity index (χ1) is 29.8. The van der Waals surface area contributed by atoms with Gasteiger partial charge in [0.05, 0.1) is 18.3 Å². The van der Waals surface area contributed by atoms with Crippen molar-refractivity contribution in [3.8, 4) is 0 Å². The molecule has 14 atom stereocenters. The van der Waals surface area contributed by atoms with Crippen molar-refractivity contribution >= 4 is 29.2 Å². The number of rotatable bonds is 5. The Labute approximate surface area is 375 Å². The third-order valence-electron chi connectivity index (χ3n) is 13.7. The average molecular weight is 882 g/mol. The zero-order valence-electron chi connectivity index (χ0n) is 39.1. The summed E-state index contributed by atoms with van der Waals surface area (Å²) in [5, 5.41) is 33.6. The molecule has 3 fully saturated rings. The van der Waals surface area contributed by atoms with Gasteiger partial charge in [-0.1, -0.05) is 88.8 Å². The number of piperidine rings is 1. The molecule has 63 heavy (non-hydrogen) atoms. The minimum atomic E-state index is -2.41. The molecule has 2 bridgehead atoms. The lowest BCUT2D eigenvalue weighted by atomic mass is 9.78. The van der Waals surface area contributed by atoms with Crippen LogP contribution in [0.5, 0.6) is 0 Å². The number of esters is 1. The fourth-order valence-corrected chi connectivity index (χ4v) is 9.54. The number of carbonyl (C=O) groups is 5. The Kier molecular flexibility index (Phi) is 19.9. The van der Waals surface area contributed by atoms with Gasteiger partial charge in [-0.2, -0.15) is 0 Å². The summed E-state index contributed by atoms with van der Waals surface area (Å²) in [5.41, 5.74) is 1.27. The quantitative estimate of drug-likeness (QED) is 0.159. The number of Topliss-reactive ketones (excluding diaryl/α,β-unsaturated/α-hetero) is 3. The highest BCUT2D eigenvalue weighted by Crippen LogP contribution is 2.36. The summed E-state index contributed by atoms with van der Waals surface area (Å²) < 4.78 is 23.4. The monoisotopic (exact) mass is 882 g/mol. The first-order valence-electron chi connectivity index (χ1n) is 23.1. The first kappa shape index (κ1) is 52.0. The highest BCUT2D eigenvalue weighted by Gasteiger charge is 2.52. The van der Waals surface area contributed by atoms with Gasteiger partial charge >= 0.3 is 5.97 Å². The number of aliphatic hydroxyl groups is 3. The predicted octanol–water partition coefficient (Wildman–Crippen LogP) is 6.33. The molecule has 0 spiro atoms.